The van der Waals surface area contributed by atoms with Crippen molar-refractivity contribution in [1.82, 2.24) is 9.55 Å². The Hall–Kier alpha value is -1.22. The number of imidazole rings is 1. The Labute approximate surface area is 125 Å². The van der Waals surface area contributed by atoms with Gasteiger partial charge in [0.1, 0.15) is 11.6 Å². The van der Waals surface area contributed by atoms with Gasteiger partial charge in [-0.2, -0.15) is 0 Å². The molecule has 2 aromatic rings. The second-order valence-electron chi connectivity index (χ2n) is 5.15. The summed E-state index contributed by atoms with van der Waals surface area (Å²) in [6.07, 6.45) is 4.93. The monoisotopic (exact) mass is 294 g/mol. The van der Waals surface area contributed by atoms with Gasteiger partial charge >= 0.3 is 0 Å². The summed E-state index contributed by atoms with van der Waals surface area (Å²) >= 11 is 6.28. The highest BCUT2D eigenvalue weighted by Crippen LogP contribution is 2.27. The molecule has 0 N–H and O–H groups in total. The second kappa shape index (κ2) is 6.98. The van der Waals surface area contributed by atoms with E-state index in [1.165, 1.54) is 19.3 Å². The summed E-state index contributed by atoms with van der Waals surface area (Å²) in [6, 6.07) is 5.99. The van der Waals surface area contributed by atoms with E-state index in [9.17, 15) is 0 Å². The SMILES string of the molecule is CCCCCCn1c(C(C)Cl)nc2ccc(OC)cc21. The van der Waals surface area contributed by atoms with E-state index >= 15 is 0 Å². The fourth-order valence-electron chi connectivity index (χ4n) is 2.48. The molecule has 0 spiro atoms. The molecule has 0 fully saturated rings. The minimum absolute atomic E-state index is 0.0837. The molecule has 1 atom stereocenters. The number of aryl methyl sites for hydroxylation is 1. The van der Waals surface area contributed by atoms with E-state index in [1.54, 1.807) is 7.11 Å². The van der Waals surface area contributed by atoms with Gasteiger partial charge in [-0.3, -0.25) is 0 Å². The number of methoxy groups -OCH3 is 1. The summed E-state index contributed by atoms with van der Waals surface area (Å²) in [7, 11) is 1.69. The third-order valence-electron chi connectivity index (χ3n) is 3.58. The topological polar surface area (TPSA) is 27.1 Å². The Kier molecular flexibility index (Phi) is 5.30. The molecule has 110 valence electrons. The molecule has 20 heavy (non-hydrogen) atoms. The van der Waals surface area contributed by atoms with Crippen LogP contribution in [0.4, 0.5) is 0 Å². The molecule has 3 nitrogen and oxygen atoms in total. The Morgan fingerprint density at radius 1 is 1.30 bits per heavy atom. The predicted octanol–water partition coefficient (Wildman–Crippen LogP) is 4.93. The molecule has 0 bridgehead atoms. The molecule has 1 heterocycles. The zero-order chi connectivity index (χ0) is 14.5. The molecule has 0 amide bonds. The van der Waals surface area contributed by atoms with Crippen LogP contribution >= 0.6 is 11.6 Å². The van der Waals surface area contributed by atoms with Crippen molar-refractivity contribution in [2.75, 3.05) is 7.11 Å². The number of fused-ring (bicyclic) bond motifs is 1. The van der Waals surface area contributed by atoms with E-state index in [-0.39, 0.29) is 5.38 Å². The fraction of sp³-hybridized carbons (Fsp3) is 0.562. The van der Waals surface area contributed by atoms with Crippen LogP contribution in [-0.4, -0.2) is 16.7 Å². The van der Waals surface area contributed by atoms with Crippen LogP contribution in [0.1, 0.15) is 50.7 Å². The van der Waals surface area contributed by atoms with Crippen molar-refractivity contribution in [3.63, 3.8) is 0 Å². The minimum atomic E-state index is -0.0837. The quantitative estimate of drug-likeness (QED) is 0.535. The molecule has 1 unspecified atom stereocenters. The molecule has 2 rings (SSSR count). The van der Waals surface area contributed by atoms with Crippen LogP contribution in [0.25, 0.3) is 11.0 Å². The molecular weight excluding hydrogens is 272 g/mol. The number of nitrogens with zero attached hydrogens (tertiary/aromatic N) is 2. The van der Waals surface area contributed by atoms with Gasteiger partial charge in [-0.15, -0.1) is 11.6 Å². The number of benzene rings is 1. The van der Waals surface area contributed by atoms with Gasteiger partial charge in [0.25, 0.3) is 0 Å². The zero-order valence-electron chi connectivity index (χ0n) is 12.5. The van der Waals surface area contributed by atoms with E-state index in [0.29, 0.717) is 0 Å². The van der Waals surface area contributed by atoms with Crippen molar-refractivity contribution in [2.24, 2.45) is 0 Å². The molecule has 0 radical (unpaired) electrons. The predicted molar refractivity (Wildman–Crippen MR) is 84.7 cm³/mol. The van der Waals surface area contributed by atoms with Gasteiger partial charge in [-0.25, -0.2) is 4.98 Å². The summed E-state index contributed by atoms with van der Waals surface area (Å²) in [6.45, 7) is 5.17. The van der Waals surface area contributed by atoms with Gasteiger partial charge in [-0.05, 0) is 25.5 Å². The zero-order valence-corrected chi connectivity index (χ0v) is 13.3. The Morgan fingerprint density at radius 3 is 2.75 bits per heavy atom. The van der Waals surface area contributed by atoms with Gasteiger partial charge < -0.3 is 9.30 Å². The maximum absolute atomic E-state index is 6.28. The maximum atomic E-state index is 6.28. The largest absolute Gasteiger partial charge is 0.497 e. The van der Waals surface area contributed by atoms with Gasteiger partial charge in [0, 0.05) is 12.6 Å². The molecule has 0 aliphatic heterocycles. The highest BCUT2D eigenvalue weighted by atomic mass is 35.5. The first-order chi connectivity index (χ1) is 9.67. The number of hydrogen-bond donors (Lipinski definition) is 0. The minimum Gasteiger partial charge on any atom is -0.497 e. The van der Waals surface area contributed by atoms with E-state index in [4.69, 9.17) is 16.3 Å². The van der Waals surface area contributed by atoms with E-state index in [0.717, 1.165) is 35.6 Å². The van der Waals surface area contributed by atoms with Crippen molar-refractivity contribution >= 4 is 22.6 Å². The lowest BCUT2D eigenvalue weighted by molar-refractivity contribution is 0.415. The molecule has 0 aliphatic rings. The summed E-state index contributed by atoms with van der Waals surface area (Å²) < 4.78 is 7.56. The van der Waals surface area contributed by atoms with Gasteiger partial charge in [0.05, 0.1) is 23.5 Å². The standard InChI is InChI=1S/C16H23ClN2O/c1-4-5-6-7-10-19-15-11-13(20-3)8-9-14(15)18-16(19)12(2)17/h8-9,11-12H,4-7,10H2,1-3H3. The van der Waals surface area contributed by atoms with Crippen LogP contribution in [0.3, 0.4) is 0 Å². The van der Waals surface area contributed by atoms with E-state index in [1.807, 2.05) is 25.1 Å². The Balaban J connectivity index is 2.33. The van der Waals surface area contributed by atoms with Crippen molar-refractivity contribution in [1.29, 1.82) is 0 Å². The molecule has 1 aromatic heterocycles. The third kappa shape index (κ3) is 3.26. The van der Waals surface area contributed by atoms with Crippen LogP contribution in [0.2, 0.25) is 0 Å². The Bertz CT molecular complexity index is 563. The van der Waals surface area contributed by atoms with Gasteiger partial charge in [-0.1, -0.05) is 26.2 Å². The molecular formula is C16H23ClN2O. The number of rotatable bonds is 7. The summed E-state index contributed by atoms with van der Waals surface area (Å²) in [5.41, 5.74) is 2.10. The summed E-state index contributed by atoms with van der Waals surface area (Å²) in [5.74, 6) is 1.81. The highest BCUT2D eigenvalue weighted by molar-refractivity contribution is 6.20. The van der Waals surface area contributed by atoms with Gasteiger partial charge in [0.15, 0.2) is 0 Å². The first-order valence-electron chi connectivity index (χ1n) is 7.35. The van der Waals surface area contributed by atoms with Gasteiger partial charge in [0.2, 0.25) is 0 Å². The Morgan fingerprint density at radius 2 is 2.10 bits per heavy atom. The third-order valence-corrected chi connectivity index (χ3v) is 3.77. The lowest BCUT2D eigenvalue weighted by atomic mass is 10.2. The average Bonchev–Trinajstić information content (AvgIpc) is 2.81. The number of unbranched alkanes of at least 4 members (excludes halogenated alkanes) is 3. The molecule has 1 aromatic carbocycles. The van der Waals surface area contributed by atoms with Crippen LogP contribution in [0, 0.1) is 0 Å². The van der Waals surface area contributed by atoms with Crippen LogP contribution in [0.15, 0.2) is 18.2 Å². The molecule has 4 heteroatoms. The fourth-order valence-corrected chi connectivity index (χ4v) is 2.65. The van der Waals surface area contributed by atoms with E-state index < -0.39 is 0 Å². The number of aromatic nitrogens is 2. The van der Waals surface area contributed by atoms with E-state index in [2.05, 4.69) is 16.5 Å². The summed E-state index contributed by atoms with van der Waals surface area (Å²) in [4.78, 5) is 4.66. The second-order valence-corrected chi connectivity index (χ2v) is 5.81. The molecule has 0 aliphatic carbocycles. The van der Waals surface area contributed by atoms with Crippen LogP contribution < -0.4 is 4.74 Å². The molecule has 0 saturated heterocycles. The lowest BCUT2D eigenvalue weighted by Crippen LogP contribution is -2.04. The van der Waals surface area contributed by atoms with Crippen LogP contribution in [-0.2, 0) is 6.54 Å². The highest BCUT2D eigenvalue weighted by Gasteiger charge is 2.15. The smallest absolute Gasteiger partial charge is 0.127 e. The first-order valence-corrected chi connectivity index (χ1v) is 7.79. The number of ether oxygens (including phenoxy) is 1. The van der Waals surface area contributed by atoms with Crippen molar-refractivity contribution in [3.8, 4) is 5.75 Å². The lowest BCUT2D eigenvalue weighted by Gasteiger charge is -2.10. The average molecular weight is 295 g/mol. The normalized spacial score (nSPS) is 12.8. The maximum Gasteiger partial charge on any atom is 0.127 e. The van der Waals surface area contributed by atoms with Crippen molar-refractivity contribution < 1.29 is 4.74 Å². The van der Waals surface area contributed by atoms with Crippen LogP contribution in [0.5, 0.6) is 5.75 Å². The number of alkyl halides is 1. The summed E-state index contributed by atoms with van der Waals surface area (Å²) in [5, 5.41) is -0.0837. The number of hydrogen-bond acceptors (Lipinski definition) is 2. The van der Waals surface area contributed by atoms with Crippen molar-refractivity contribution in [2.45, 2.75) is 51.5 Å². The molecule has 0 saturated carbocycles. The van der Waals surface area contributed by atoms with Crippen molar-refractivity contribution in [3.05, 3.63) is 24.0 Å². The number of halogens is 1. The first kappa shape index (κ1) is 15.2.